The van der Waals surface area contributed by atoms with Crippen LogP contribution in [0.1, 0.15) is 24.1 Å². The molecule has 7 heteroatoms. The first kappa shape index (κ1) is 21.0. The average molecular weight is 408 g/mol. The van der Waals surface area contributed by atoms with Crippen LogP contribution in [0.3, 0.4) is 0 Å². The van der Waals surface area contributed by atoms with Gasteiger partial charge in [0.1, 0.15) is 13.2 Å². The molecule has 2 N–H and O–H groups in total. The second-order valence-corrected chi connectivity index (χ2v) is 6.64. The third kappa shape index (κ3) is 4.81. The Morgan fingerprint density at radius 2 is 1.93 bits per heavy atom. The van der Waals surface area contributed by atoms with E-state index in [1.807, 2.05) is 30.3 Å². The zero-order chi connectivity index (χ0) is 21.5. The first-order valence-corrected chi connectivity index (χ1v) is 9.44. The summed E-state index contributed by atoms with van der Waals surface area (Å²) in [5, 5.41) is 5.38. The van der Waals surface area contributed by atoms with Crippen LogP contribution in [0.5, 0.6) is 11.5 Å². The summed E-state index contributed by atoms with van der Waals surface area (Å²) < 4.78 is 16.6. The van der Waals surface area contributed by atoms with Gasteiger partial charge in [-0.25, -0.2) is 9.59 Å². The fourth-order valence-electron chi connectivity index (χ4n) is 3.15. The zero-order valence-electron chi connectivity index (χ0n) is 16.9. The molecule has 1 aliphatic rings. The minimum absolute atomic E-state index is 0.0753. The molecule has 0 fully saturated rings. The monoisotopic (exact) mass is 408 g/mol. The van der Waals surface area contributed by atoms with Gasteiger partial charge in [0.25, 0.3) is 0 Å². The summed E-state index contributed by atoms with van der Waals surface area (Å²) in [6.07, 6.45) is 1.49. The van der Waals surface area contributed by atoms with Gasteiger partial charge in [-0.2, -0.15) is 0 Å². The average Bonchev–Trinajstić information content (AvgIpc) is 2.76. The number of esters is 1. The van der Waals surface area contributed by atoms with Crippen molar-refractivity contribution in [3.05, 3.63) is 83.6 Å². The van der Waals surface area contributed by atoms with E-state index in [0.29, 0.717) is 34.9 Å². The number of urea groups is 1. The molecule has 1 aliphatic heterocycles. The van der Waals surface area contributed by atoms with Gasteiger partial charge in [0.05, 0.1) is 18.7 Å². The molecule has 2 aromatic rings. The van der Waals surface area contributed by atoms with Crippen LogP contribution in [-0.2, 0) is 16.1 Å². The molecule has 2 aromatic carbocycles. The van der Waals surface area contributed by atoms with Crippen LogP contribution < -0.4 is 20.1 Å². The smallest absolute Gasteiger partial charge is 0.338 e. The molecule has 0 saturated carbocycles. The van der Waals surface area contributed by atoms with E-state index in [-0.39, 0.29) is 6.61 Å². The van der Waals surface area contributed by atoms with Crippen LogP contribution in [0.15, 0.2) is 72.5 Å². The normalized spacial score (nSPS) is 15.7. The molecular formula is C23H24N2O5. The molecule has 1 heterocycles. The van der Waals surface area contributed by atoms with Crippen molar-refractivity contribution in [2.45, 2.75) is 19.6 Å². The predicted octanol–water partition coefficient (Wildman–Crippen LogP) is 3.63. The maximum Gasteiger partial charge on any atom is 0.338 e. The van der Waals surface area contributed by atoms with Crippen molar-refractivity contribution in [2.75, 3.05) is 13.7 Å². The van der Waals surface area contributed by atoms with E-state index in [1.165, 1.54) is 13.2 Å². The third-order valence-corrected chi connectivity index (χ3v) is 4.58. The topological polar surface area (TPSA) is 85.9 Å². The highest BCUT2D eigenvalue weighted by Gasteiger charge is 2.32. The van der Waals surface area contributed by atoms with E-state index in [0.717, 1.165) is 5.56 Å². The molecule has 0 spiro atoms. The molecule has 0 aromatic heterocycles. The molecule has 0 aliphatic carbocycles. The molecule has 3 rings (SSSR count). The number of methoxy groups -OCH3 is 1. The molecule has 7 nitrogen and oxygen atoms in total. The van der Waals surface area contributed by atoms with Gasteiger partial charge in [0, 0.05) is 5.70 Å². The van der Waals surface area contributed by atoms with Crippen LogP contribution in [0.25, 0.3) is 0 Å². The van der Waals surface area contributed by atoms with Crippen molar-refractivity contribution in [3.8, 4) is 11.5 Å². The Hall–Kier alpha value is -3.74. The highest BCUT2D eigenvalue weighted by Crippen LogP contribution is 2.35. The molecule has 1 unspecified atom stereocenters. The summed E-state index contributed by atoms with van der Waals surface area (Å²) in [6, 6.07) is 14.0. The molecule has 0 saturated heterocycles. The van der Waals surface area contributed by atoms with Crippen LogP contribution in [0, 0.1) is 0 Å². The zero-order valence-corrected chi connectivity index (χ0v) is 16.9. The van der Waals surface area contributed by atoms with Crippen LogP contribution in [0.4, 0.5) is 4.79 Å². The van der Waals surface area contributed by atoms with Crippen molar-refractivity contribution >= 4 is 12.0 Å². The van der Waals surface area contributed by atoms with Gasteiger partial charge in [-0.1, -0.05) is 49.1 Å². The third-order valence-electron chi connectivity index (χ3n) is 4.58. The number of benzene rings is 2. The van der Waals surface area contributed by atoms with Gasteiger partial charge >= 0.3 is 12.0 Å². The fraction of sp³-hybridized carbons (Fsp3) is 0.217. The SMILES string of the molecule is C=CCOC(=O)C1=C(C)NC(=O)NC1c1ccc(OCc2ccccc2)c(OC)c1. The summed E-state index contributed by atoms with van der Waals surface area (Å²) in [4.78, 5) is 24.6. The fourth-order valence-corrected chi connectivity index (χ4v) is 3.15. The minimum atomic E-state index is -0.687. The summed E-state index contributed by atoms with van der Waals surface area (Å²) >= 11 is 0. The van der Waals surface area contributed by atoms with E-state index in [1.54, 1.807) is 25.1 Å². The molecule has 0 bridgehead atoms. The number of rotatable bonds is 8. The lowest BCUT2D eigenvalue weighted by molar-refractivity contribution is -0.138. The Labute approximate surface area is 175 Å². The first-order valence-electron chi connectivity index (χ1n) is 9.44. The second-order valence-electron chi connectivity index (χ2n) is 6.64. The summed E-state index contributed by atoms with van der Waals surface area (Å²) in [5.41, 5.74) is 2.44. The second kappa shape index (κ2) is 9.65. The highest BCUT2D eigenvalue weighted by atomic mass is 16.5. The van der Waals surface area contributed by atoms with E-state index in [4.69, 9.17) is 14.2 Å². The highest BCUT2D eigenvalue weighted by molar-refractivity contribution is 5.95. The molecule has 2 amide bonds. The Morgan fingerprint density at radius 1 is 1.17 bits per heavy atom. The lowest BCUT2D eigenvalue weighted by Crippen LogP contribution is -2.45. The largest absolute Gasteiger partial charge is 0.493 e. The van der Waals surface area contributed by atoms with Crippen molar-refractivity contribution in [1.82, 2.24) is 10.6 Å². The maximum atomic E-state index is 12.6. The number of carbonyl (C=O) groups is 2. The number of allylic oxidation sites excluding steroid dienone is 1. The van der Waals surface area contributed by atoms with Gasteiger partial charge in [-0.05, 0) is 30.2 Å². The minimum Gasteiger partial charge on any atom is -0.493 e. The van der Waals surface area contributed by atoms with Gasteiger partial charge in [0.15, 0.2) is 11.5 Å². The Bertz CT molecular complexity index is 969. The number of carbonyl (C=O) groups excluding carboxylic acids is 2. The van der Waals surface area contributed by atoms with Crippen molar-refractivity contribution < 1.29 is 23.8 Å². The quantitative estimate of drug-likeness (QED) is 0.515. The van der Waals surface area contributed by atoms with Crippen molar-refractivity contribution in [2.24, 2.45) is 0 Å². The molecule has 156 valence electrons. The molecular weight excluding hydrogens is 384 g/mol. The maximum absolute atomic E-state index is 12.6. The van der Waals surface area contributed by atoms with Crippen LogP contribution in [0.2, 0.25) is 0 Å². The first-order chi connectivity index (χ1) is 14.5. The molecule has 30 heavy (non-hydrogen) atoms. The van der Waals surface area contributed by atoms with E-state index < -0.39 is 18.0 Å². The number of nitrogens with one attached hydrogen (secondary N) is 2. The molecule has 1 atom stereocenters. The van der Waals surface area contributed by atoms with Crippen molar-refractivity contribution in [1.29, 1.82) is 0 Å². The lowest BCUT2D eigenvalue weighted by atomic mass is 9.95. The standard InChI is InChI=1S/C23H24N2O5/c1-4-12-29-22(26)20-15(2)24-23(27)25-21(20)17-10-11-18(19(13-17)28-3)30-14-16-8-6-5-7-9-16/h4-11,13,21H,1,12,14H2,2-3H3,(H2,24,25,27). The summed E-state index contributed by atoms with van der Waals surface area (Å²) in [7, 11) is 1.54. The van der Waals surface area contributed by atoms with E-state index >= 15 is 0 Å². The van der Waals surface area contributed by atoms with Gasteiger partial charge in [-0.15, -0.1) is 0 Å². The predicted molar refractivity (Wildman–Crippen MR) is 112 cm³/mol. The van der Waals surface area contributed by atoms with Crippen LogP contribution >= 0.6 is 0 Å². The van der Waals surface area contributed by atoms with E-state index in [9.17, 15) is 9.59 Å². The lowest BCUT2D eigenvalue weighted by Gasteiger charge is -2.28. The van der Waals surface area contributed by atoms with Gasteiger partial charge in [-0.3, -0.25) is 0 Å². The summed E-state index contributed by atoms with van der Waals surface area (Å²) in [6.45, 7) is 5.67. The number of ether oxygens (including phenoxy) is 3. The van der Waals surface area contributed by atoms with Gasteiger partial charge < -0.3 is 24.8 Å². The van der Waals surface area contributed by atoms with E-state index in [2.05, 4.69) is 17.2 Å². The van der Waals surface area contributed by atoms with Crippen LogP contribution in [-0.4, -0.2) is 25.7 Å². The summed E-state index contributed by atoms with van der Waals surface area (Å²) in [5.74, 6) is 0.516. The Kier molecular flexibility index (Phi) is 6.75. The van der Waals surface area contributed by atoms with Crippen molar-refractivity contribution in [3.63, 3.8) is 0 Å². The number of amides is 2. The Balaban J connectivity index is 1.87. The molecule has 0 radical (unpaired) electrons. The Morgan fingerprint density at radius 3 is 2.63 bits per heavy atom. The number of hydrogen-bond donors (Lipinski definition) is 2. The van der Waals surface area contributed by atoms with Gasteiger partial charge in [0.2, 0.25) is 0 Å². The number of hydrogen-bond acceptors (Lipinski definition) is 5.